The fourth-order valence-electron chi connectivity index (χ4n) is 1.57. The number of hydrogen-bond acceptors (Lipinski definition) is 3. The lowest BCUT2D eigenvalue weighted by Crippen LogP contribution is -2.15. The summed E-state index contributed by atoms with van der Waals surface area (Å²) in [6.07, 6.45) is 0.900. The molecule has 0 aliphatic carbocycles. The zero-order valence-electron chi connectivity index (χ0n) is 10.7. The summed E-state index contributed by atoms with van der Waals surface area (Å²) in [7, 11) is 3.96. The Balaban J connectivity index is 2.95. The largest absolute Gasteiger partial charge is 0.493 e. The van der Waals surface area contributed by atoms with Crippen LogP contribution in [0.4, 0.5) is 0 Å². The van der Waals surface area contributed by atoms with Gasteiger partial charge in [0.25, 0.3) is 5.91 Å². The first-order chi connectivity index (χ1) is 8.04. The van der Waals surface area contributed by atoms with Gasteiger partial charge in [0, 0.05) is 6.54 Å². The predicted octanol–water partition coefficient (Wildman–Crippen LogP) is 1.64. The Morgan fingerprint density at radius 3 is 2.65 bits per heavy atom. The molecule has 17 heavy (non-hydrogen) atoms. The van der Waals surface area contributed by atoms with Crippen LogP contribution in [0.2, 0.25) is 0 Å². The van der Waals surface area contributed by atoms with Crippen molar-refractivity contribution in [3.8, 4) is 5.75 Å². The van der Waals surface area contributed by atoms with E-state index in [0.717, 1.165) is 18.5 Å². The minimum Gasteiger partial charge on any atom is -0.493 e. The summed E-state index contributed by atoms with van der Waals surface area (Å²) >= 11 is 0. The van der Waals surface area contributed by atoms with E-state index in [1.54, 1.807) is 6.07 Å². The molecule has 0 aliphatic rings. The number of primary amides is 1. The van der Waals surface area contributed by atoms with E-state index in [2.05, 4.69) is 0 Å². The Labute approximate surface area is 102 Å². The van der Waals surface area contributed by atoms with Crippen molar-refractivity contribution in [3.05, 3.63) is 29.3 Å². The molecular formula is C13H20N2O2. The van der Waals surface area contributed by atoms with Crippen LogP contribution in [0.3, 0.4) is 0 Å². The molecule has 2 N–H and O–H groups in total. The Morgan fingerprint density at radius 2 is 2.12 bits per heavy atom. The average Bonchev–Trinajstić information content (AvgIpc) is 2.26. The topological polar surface area (TPSA) is 55.6 Å². The van der Waals surface area contributed by atoms with Crippen molar-refractivity contribution in [2.24, 2.45) is 5.73 Å². The van der Waals surface area contributed by atoms with E-state index in [-0.39, 0.29) is 0 Å². The zero-order valence-corrected chi connectivity index (χ0v) is 10.7. The van der Waals surface area contributed by atoms with Gasteiger partial charge < -0.3 is 15.4 Å². The first kappa shape index (κ1) is 13.5. The number of ether oxygens (including phenoxy) is 1. The van der Waals surface area contributed by atoms with Crippen LogP contribution in [-0.2, 0) is 6.54 Å². The highest BCUT2D eigenvalue weighted by Crippen LogP contribution is 2.20. The second-order valence-corrected chi connectivity index (χ2v) is 4.28. The molecule has 1 aromatic rings. The number of amides is 1. The number of carbonyl (C=O) groups is 1. The quantitative estimate of drug-likeness (QED) is 0.817. The van der Waals surface area contributed by atoms with E-state index in [4.69, 9.17) is 10.5 Å². The molecule has 0 bridgehead atoms. The molecule has 0 fully saturated rings. The predicted molar refractivity (Wildman–Crippen MR) is 68.1 cm³/mol. The molecule has 1 amide bonds. The summed E-state index contributed by atoms with van der Waals surface area (Å²) in [5.41, 5.74) is 6.86. The average molecular weight is 236 g/mol. The van der Waals surface area contributed by atoms with Crippen LogP contribution in [0.15, 0.2) is 18.2 Å². The molecule has 4 heteroatoms. The molecule has 94 valence electrons. The van der Waals surface area contributed by atoms with Crippen LogP contribution < -0.4 is 10.5 Å². The van der Waals surface area contributed by atoms with Gasteiger partial charge in [-0.3, -0.25) is 4.79 Å². The SMILES string of the molecule is CCCOc1ccc(CN(C)C)cc1C(N)=O. The number of nitrogens with zero attached hydrogens (tertiary/aromatic N) is 1. The summed E-state index contributed by atoms with van der Waals surface area (Å²) in [5.74, 6) is 0.124. The van der Waals surface area contributed by atoms with Crippen molar-refractivity contribution in [2.75, 3.05) is 20.7 Å². The second kappa shape index (κ2) is 6.25. The van der Waals surface area contributed by atoms with Crippen molar-refractivity contribution in [1.82, 2.24) is 4.90 Å². The van der Waals surface area contributed by atoms with E-state index in [9.17, 15) is 4.79 Å². The maximum atomic E-state index is 11.4. The molecule has 0 aliphatic heterocycles. The lowest BCUT2D eigenvalue weighted by molar-refractivity contribution is 0.0996. The van der Waals surface area contributed by atoms with Crippen molar-refractivity contribution in [1.29, 1.82) is 0 Å². The van der Waals surface area contributed by atoms with Gasteiger partial charge in [-0.2, -0.15) is 0 Å². The highest BCUT2D eigenvalue weighted by Gasteiger charge is 2.10. The van der Waals surface area contributed by atoms with Crippen LogP contribution in [0.25, 0.3) is 0 Å². The first-order valence-corrected chi connectivity index (χ1v) is 5.74. The number of nitrogens with two attached hydrogens (primary N) is 1. The molecular weight excluding hydrogens is 216 g/mol. The lowest BCUT2D eigenvalue weighted by Gasteiger charge is -2.13. The van der Waals surface area contributed by atoms with Gasteiger partial charge in [0.05, 0.1) is 12.2 Å². The highest BCUT2D eigenvalue weighted by atomic mass is 16.5. The van der Waals surface area contributed by atoms with Gasteiger partial charge in [-0.15, -0.1) is 0 Å². The van der Waals surface area contributed by atoms with Gasteiger partial charge in [-0.25, -0.2) is 0 Å². The Morgan fingerprint density at radius 1 is 1.41 bits per heavy atom. The van der Waals surface area contributed by atoms with E-state index < -0.39 is 5.91 Å². The molecule has 0 aromatic heterocycles. The Hall–Kier alpha value is -1.55. The monoisotopic (exact) mass is 236 g/mol. The normalized spacial score (nSPS) is 10.6. The Kier molecular flexibility index (Phi) is 4.97. The summed E-state index contributed by atoms with van der Waals surface area (Å²) in [6.45, 7) is 3.38. The maximum Gasteiger partial charge on any atom is 0.252 e. The van der Waals surface area contributed by atoms with E-state index in [1.165, 1.54) is 0 Å². The summed E-state index contributed by atoms with van der Waals surface area (Å²) in [4.78, 5) is 13.4. The van der Waals surface area contributed by atoms with Crippen molar-refractivity contribution in [3.63, 3.8) is 0 Å². The smallest absolute Gasteiger partial charge is 0.252 e. The summed E-state index contributed by atoms with van der Waals surface area (Å²) in [6, 6.07) is 5.57. The van der Waals surface area contributed by atoms with Gasteiger partial charge in [-0.05, 0) is 38.2 Å². The van der Waals surface area contributed by atoms with E-state index in [1.807, 2.05) is 38.1 Å². The van der Waals surface area contributed by atoms with Crippen LogP contribution in [0.1, 0.15) is 29.3 Å². The molecule has 0 atom stereocenters. The first-order valence-electron chi connectivity index (χ1n) is 5.74. The van der Waals surface area contributed by atoms with Crippen LogP contribution >= 0.6 is 0 Å². The van der Waals surface area contributed by atoms with Crippen molar-refractivity contribution < 1.29 is 9.53 Å². The molecule has 0 saturated heterocycles. The molecule has 0 heterocycles. The third-order valence-corrected chi connectivity index (χ3v) is 2.27. The number of benzene rings is 1. The minimum atomic E-state index is -0.447. The van der Waals surface area contributed by atoms with Crippen LogP contribution in [0, 0.1) is 0 Å². The standard InChI is InChI=1S/C13H20N2O2/c1-4-7-17-12-6-5-10(9-15(2)3)8-11(12)13(14)16/h5-6,8H,4,7,9H2,1-3H3,(H2,14,16). The molecule has 1 rings (SSSR count). The third-order valence-electron chi connectivity index (χ3n) is 2.27. The van der Waals surface area contributed by atoms with Gasteiger partial charge >= 0.3 is 0 Å². The van der Waals surface area contributed by atoms with Crippen molar-refractivity contribution in [2.45, 2.75) is 19.9 Å². The van der Waals surface area contributed by atoms with Crippen LogP contribution in [-0.4, -0.2) is 31.5 Å². The maximum absolute atomic E-state index is 11.4. The Bertz CT molecular complexity index is 389. The van der Waals surface area contributed by atoms with Gasteiger partial charge in [0.2, 0.25) is 0 Å². The van der Waals surface area contributed by atoms with Gasteiger partial charge in [0.15, 0.2) is 0 Å². The fraction of sp³-hybridized carbons (Fsp3) is 0.462. The van der Waals surface area contributed by atoms with E-state index in [0.29, 0.717) is 17.9 Å². The minimum absolute atomic E-state index is 0.447. The summed E-state index contributed by atoms with van der Waals surface area (Å²) < 4.78 is 5.49. The highest BCUT2D eigenvalue weighted by molar-refractivity contribution is 5.95. The van der Waals surface area contributed by atoms with E-state index >= 15 is 0 Å². The zero-order chi connectivity index (χ0) is 12.8. The summed E-state index contributed by atoms with van der Waals surface area (Å²) in [5, 5.41) is 0. The number of hydrogen-bond donors (Lipinski definition) is 1. The molecule has 4 nitrogen and oxygen atoms in total. The van der Waals surface area contributed by atoms with Gasteiger partial charge in [-0.1, -0.05) is 13.0 Å². The third kappa shape index (κ3) is 4.07. The fourth-order valence-corrected chi connectivity index (χ4v) is 1.57. The number of rotatable bonds is 6. The van der Waals surface area contributed by atoms with Crippen LogP contribution in [0.5, 0.6) is 5.75 Å². The molecule has 0 radical (unpaired) electrons. The molecule has 0 spiro atoms. The lowest BCUT2D eigenvalue weighted by atomic mass is 10.1. The second-order valence-electron chi connectivity index (χ2n) is 4.28. The molecule has 0 unspecified atom stereocenters. The van der Waals surface area contributed by atoms with Crippen molar-refractivity contribution >= 4 is 5.91 Å². The number of carbonyl (C=O) groups excluding carboxylic acids is 1. The van der Waals surface area contributed by atoms with Gasteiger partial charge in [0.1, 0.15) is 5.75 Å². The molecule has 1 aromatic carbocycles. The molecule has 0 saturated carbocycles.